The number of anilines is 2. The van der Waals surface area contributed by atoms with Crippen molar-refractivity contribution in [3.63, 3.8) is 0 Å². The second kappa shape index (κ2) is 9.96. The highest BCUT2D eigenvalue weighted by atomic mass is 35.5. The van der Waals surface area contributed by atoms with Crippen LogP contribution in [0.5, 0.6) is 5.75 Å². The van der Waals surface area contributed by atoms with Gasteiger partial charge in [0.15, 0.2) is 0 Å². The molecule has 5 rings (SSSR count). The van der Waals surface area contributed by atoms with Crippen LogP contribution >= 0.6 is 11.6 Å². The smallest absolute Gasteiger partial charge is 0.316 e. The van der Waals surface area contributed by atoms with Gasteiger partial charge in [-0.25, -0.2) is 13.4 Å². The molecule has 2 aliphatic rings. The molecule has 0 spiro atoms. The molecule has 2 aromatic heterocycles. The van der Waals surface area contributed by atoms with Gasteiger partial charge < -0.3 is 15.4 Å². The first-order valence-electron chi connectivity index (χ1n) is 12.1. The minimum Gasteiger partial charge on any atom is -0.486 e. The second-order valence-corrected chi connectivity index (χ2v) is 12.3. The van der Waals surface area contributed by atoms with Gasteiger partial charge in [0.25, 0.3) is 0 Å². The van der Waals surface area contributed by atoms with Crippen molar-refractivity contribution in [1.82, 2.24) is 19.1 Å². The maximum Gasteiger partial charge on any atom is 0.316 e. The van der Waals surface area contributed by atoms with Crippen molar-refractivity contribution in [1.29, 1.82) is 0 Å². The van der Waals surface area contributed by atoms with E-state index in [1.165, 1.54) is 15.2 Å². The molecule has 0 amide bonds. The Kier molecular flexibility index (Phi) is 6.86. The van der Waals surface area contributed by atoms with E-state index in [9.17, 15) is 13.2 Å². The van der Waals surface area contributed by atoms with Crippen LogP contribution in [0.15, 0.2) is 53.6 Å². The van der Waals surface area contributed by atoms with Crippen molar-refractivity contribution in [2.45, 2.75) is 25.5 Å². The quantitative estimate of drug-likeness (QED) is 0.459. The van der Waals surface area contributed by atoms with E-state index in [1.54, 1.807) is 42.6 Å². The van der Waals surface area contributed by atoms with E-state index in [4.69, 9.17) is 22.1 Å². The van der Waals surface area contributed by atoms with Gasteiger partial charge >= 0.3 is 5.56 Å². The maximum absolute atomic E-state index is 13.5. The van der Waals surface area contributed by atoms with Gasteiger partial charge in [-0.3, -0.25) is 4.79 Å². The molecule has 2 fully saturated rings. The Morgan fingerprint density at radius 3 is 2.57 bits per heavy atom. The van der Waals surface area contributed by atoms with E-state index < -0.39 is 10.0 Å². The number of aromatic nitrogens is 3. The number of sulfonamides is 1. The number of nitrogen functional groups attached to an aromatic ring is 1. The van der Waals surface area contributed by atoms with Crippen LogP contribution in [-0.4, -0.2) is 60.3 Å². The highest BCUT2D eigenvalue weighted by Gasteiger charge is 2.39. The van der Waals surface area contributed by atoms with Crippen LogP contribution < -0.4 is 20.9 Å². The molecule has 0 unspecified atom stereocenters. The Morgan fingerprint density at radius 1 is 1.14 bits per heavy atom. The van der Waals surface area contributed by atoms with Crippen LogP contribution in [0, 0.1) is 5.41 Å². The first-order valence-corrected chi connectivity index (χ1v) is 14.1. The molecule has 1 aliphatic heterocycles. The summed E-state index contributed by atoms with van der Waals surface area (Å²) in [5.74, 6) is 0.210. The zero-order valence-corrected chi connectivity index (χ0v) is 22.1. The van der Waals surface area contributed by atoms with E-state index in [0.29, 0.717) is 41.7 Å². The van der Waals surface area contributed by atoms with Gasteiger partial charge in [0, 0.05) is 48.4 Å². The number of piperazine rings is 1. The molecule has 10 nitrogen and oxygen atoms in total. The summed E-state index contributed by atoms with van der Waals surface area (Å²) in [4.78, 5) is 19.4. The topological polar surface area (TPSA) is 124 Å². The number of benzene rings is 1. The number of ether oxygens (including phenoxy) is 1. The van der Waals surface area contributed by atoms with Crippen molar-refractivity contribution in [2.75, 3.05) is 43.4 Å². The predicted molar refractivity (Wildman–Crippen MR) is 143 cm³/mol. The first-order chi connectivity index (χ1) is 17.7. The third-order valence-corrected chi connectivity index (χ3v) is 8.94. The van der Waals surface area contributed by atoms with Gasteiger partial charge in [0.2, 0.25) is 15.8 Å². The van der Waals surface area contributed by atoms with E-state index in [-0.39, 0.29) is 41.4 Å². The molecular formula is C25H29ClN6O4S. The molecule has 196 valence electrons. The van der Waals surface area contributed by atoms with Crippen LogP contribution in [0.1, 0.15) is 25.3 Å². The van der Waals surface area contributed by atoms with Gasteiger partial charge in [-0.2, -0.15) is 14.1 Å². The number of pyridine rings is 1. The SMILES string of the molecule is CC1(COc2c(N3CCN(S(=O)(=O)Cc4cccnc4N)CC3)cnn(-c3cccc(Cl)c3)c2=O)CC1. The first kappa shape index (κ1) is 25.5. The molecular weight excluding hydrogens is 516 g/mol. The predicted octanol–water partition coefficient (Wildman–Crippen LogP) is 2.69. The zero-order chi connectivity index (χ0) is 26.2. The van der Waals surface area contributed by atoms with E-state index >= 15 is 0 Å². The van der Waals surface area contributed by atoms with Crippen molar-refractivity contribution in [3.05, 3.63) is 69.7 Å². The number of hydrogen-bond donors (Lipinski definition) is 1. The third kappa shape index (κ3) is 5.58. The molecule has 12 heteroatoms. The fourth-order valence-electron chi connectivity index (χ4n) is 4.25. The number of nitrogens with two attached hydrogens (primary N) is 1. The van der Waals surface area contributed by atoms with Crippen LogP contribution in [0.4, 0.5) is 11.5 Å². The Balaban J connectivity index is 1.37. The molecule has 2 N–H and O–H groups in total. The van der Waals surface area contributed by atoms with Crippen molar-refractivity contribution >= 4 is 33.1 Å². The molecule has 3 heterocycles. The monoisotopic (exact) mass is 544 g/mol. The van der Waals surface area contributed by atoms with E-state index in [0.717, 1.165) is 12.8 Å². The van der Waals surface area contributed by atoms with E-state index in [1.807, 2.05) is 4.90 Å². The molecule has 0 bridgehead atoms. The summed E-state index contributed by atoms with van der Waals surface area (Å²) < 4.78 is 34.9. The number of rotatable bonds is 8. The van der Waals surface area contributed by atoms with Crippen LogP contribution in [0.2, 0.25) is 5.02 Å². The maximum atomic E-state index is 13.5. The van der Waals surface area contributed by atoms with Crippen molar-refractivity contribution < 1.29 is 13.2 Å². The Labute approximate surface area is 220 Å². The largest absolute Gasteiger partial charge is 0.486 e. The van der Waals surface area contributed by atoms with Gasteiger partial charge in [-0.15, -0.1) is 0 Å². The van der Waals surface area contributed by atoms with Crippen LogP contribution in [-0.2, 0) is 15.8 Å². The highest BCUT2D eigenvalue weighted by Crippen LogP contribution is 2.45. The lowest BCUT2D eigenvalue weighted by Gasteiger charge is -2.35. The zero-order valence-electron chi connectivity index (χ0n) is 20.5. The lowest BCUT2D eigenvalue weighted by Crippen LogP contribution is -2.49. The lowest BCUT2D eigenvalue weighted by molar-refractivity contribution is 0.242. The number of nitrogens with zero attached hydrogens (tertiary/aromatic N) is 5. The van der Waals surface area contributed by atoms with Crippen LogP contribution in [0.25, 0.3) is 5.69 Å². The highest BCUT2D eigenvalue weighted by molar-refractivity contribution is 7.88. The molecule has 0 radical (unpaired) electrons. The Hall–Kier alpha value is -3.15. The Bertz CT molecular complexity index is 1470. The number of halogens is 1. The number of hydrogen-bond acceptors (Lipinski definition) is 8. The lowest BCUT2D eigenvalue weighted by atomic mass is 10.2. The summed E-state index contributed by atoms with van der Waals surface area (Å²) in [7, 11) is -3.59. The summed E-state index contributed by atoms with van der Waals surface area (Å²) in [5.41, 5.74) is 7.10. The second-order valence-electron chi connectivity index (χ2n) is 9.85. The molecule has 37 heavy (non-hydrogen) atoms. The summed E-state index contributed by atoms with van der Waals surface area (Å²) in [6.07, 6.45) is 5.23. The molecule has 3 aromatic rings. The van der Waals surface area contributed by atoms with Crippen molar-refractivity contribution in [2.24, 2.45) is 5.41 Å². The van der Waals surface area contributed by atoms with Crippen molar-refractivity contribution in [3.8, 4) is 11.4 Å². The normalized spacial score (nSPS) is 17.5. The van der Waals surface area contributed by atoms with Gasteiger partial charge in [0.1, 0.15) is 11.5 Å². The average Bonchev–Trinajstić information content (AvgIpc) is 3.61. The third-order valence-electron chi connectivity index (χ3n) is 6.87. The van der Waals surface area contributed by atoms with Gasteiger partial charge in [-0.05, 0) is 37.1 Å². The molecule has 1 aliphatic carbocycles. The van der Waals surface area contributed by atoms with Gasteiger partial charge in [0.05, 0.1) is 24.2 Å². The van der Waals surface area contributed by atoms with Gasteiger partial charge in [-0.1, -0.05) is 30.7 Å². The summed E-state index contributed by atoms with van der Waals surface area (Å²) in [5, 5.41) is 4.88. The van der Waals surface area contributed by atoms with E-state index in [2.05, 4.69) is 17.0 Å². The molecule has 1 aromatic carbocycles. The summed E-state index contributed by atoms with van der Waals surface area (Å²) >= 11 is 6.13. The fraction of sp³-hybridized carbons (Fsp3) is 0.400. The van der Waals surface area contributed by atoms with Crippen LogP contribution in [0.3, 0.4) is 0 Å². The molecule has 0 atom stereocenters. The molecule has 1 saturated heterocycles. The average molecular weight is 545 g/mol. The summed E-state index contributed by atoms with van der Waals surface area (Å²) in [6.45, 7) is 3.85. The molecule has 1 saturated carbocycles. The minimum absolute atomic E-state index is 0.0643. The minimum atomic E-state index is -3.59. The summed E-state index contributed by atoms with van der Waals surface area (Å²) in [6, 6.07) is 10.2. The standard InChI is InChI=1S/C25H29ClN6O4S/c1-25(7-8-25)17-36-22-21(15-29-32(24(22)33)20-6-2-5-19(26)14-20)30-10-12-31(13-11-30)37(34,35)16-18-4-3-9-28-23(18)27/h2-6,9,14-15H,7-8,10-13,16-17H2,1H3,(H2,27,28). The Morgan fingerprint density at radius 2 is 1.89 bits per heavy atom. The fourth-order valence-corrected chi connectivity index (χ4v) is 5.98.